The van der Waals surface area contributed by atoms with Crippen LogP contribution < -0.4 is 15.0 Å². The topological polar surface area (TPSA) is 53.4 Å². The van der Waals surface area contributed by atoms with Crippen molar-refractivity contribution in [2.75, 3.05) is 6.61 Å². The summed E-state index contributed by atoms with van der Waals surface area (Å²) in [6.07, 6.45) is -0.256. The number of ether oxygens (including phenoxy) is 2. The number of hydrogen-bond donors (Lipinski definition) is 0. The molecule has 5 rings (SSSR count). The monoisotopic (exact) mass is 464 g/mol. The third-order valence-electron chi connectivity index (χ3n) is 5.27. The molecule has 1 atom stereocenters. The lowest BCUT2D eigenvalue weighted by Crippen LogP contribution is -2.23. The van der Waals surface area contributed by atoms with Crippen molar-refractivity contribution in [3.05, 3.63) is 99.3 Å². The minimum absolute atomic E-state index is 0.256. The van der Waals surface area contributed by atoms with Gasteiger partial charge in [-0.05, 0) is 29.3 Å². The Labute approximate surface area is 194 Å². The number of halogens is 2. The molecule has 3 aromatic carbocycles. The van der Waals surface area contributed by atoms with Crippen LogP contribution in [-0.2, 0) is 6.54 Å². The van der Waals surface area contributed by atoms with Gasteiger partial charge in [0.15, 0.2) is 6.10 Å². The molecule has 160 valence electrons. The molecule has 1 aromatic heterocycles. The fourth-order valence-corrected chi connectivity index (χ4v) is 4.13. The summed E-state index contributed by atoms with van der Waals surface area (Å²) in [4.78, 5) is 16.1. The van der Waals surface area contributed by atoms with E-state index in [4.69, 9.17) is 32.7 Å². The van der Waals surface area contributed by atoms with Gasteiger partial charge in [-0.1, -0.05) is 77.8 Å². The van der Waals surface area contributed by atoms with E-state index >= 15 is 0 Å². The molecule has 0 amide bonds. The second-order valence-corrected chi connectivity index (χ2v) is 8.20. The Hall–Kier alpha value is -3.28. The van der Waals surface area contributed by atoms with E-state index in [1.807, 2.05) is 71.3 Å². The third-order valence-corrected chi connectivity index (χ3v) is 6.09. The molecule has 5 nitrogen and oxygen atoms in total. The first-order valence-electron chi connectivity index (χ1n) is 10.1. The highest BCUT2D eigenvalue weighted by atomic mass is 35.5. The Bertz CT molecular complexity index is 1320. The summed E-state index contributed by atoms with van der Waals surface area (Å²) in [7, 11) is 0. The zero-order valence-corrected chi connectivity index (χ0v) is 18.4. The fraction of sp³-hybridized carbons (Fsp3) is 0.120. The number of rotatable bonds is 5. The van der Waals surface area contributed by atoms with Crippen molar-refractivity contribution in [3.63, 3.8) is 0 Å². The summed E-state index contributed by atoms with van der Waals surface area (Å²) in [5.41, 5.74) is 3.21. The smallest absolute Gasteiger partial charge is 0.300 e. The first kappa shape index (κ1) is 20.6. The molecule has 0 N–H and O–H groups in total. The first-order chi connectivity index (χ1) is 15.6. The van der Waals surface area contributed by atoms with Crippen LogP contribution in [0.25, 0.3) is 22.4 Å². The summed E-state index contributed by atoms with van der Waals surface area (Å²) in [5, 5.41) is 1.04. The maximum atomic E-state index is 12.0. The van der Waals surface area contributed by atoms with Crippen molar-refractivity contribution in [1.29, 1.82) is 0 Å². The van der Waals surface area contributed by atoms with Gasteiger partial charge in [-0.2, -0.15) is 4.98 Å². The van der Waals surface area contributed by atoms with Crippen LogP contribution in [0.4, 0.5) is 0 Å². The Kier molecular flexibility index (Phi) is 5.60. The van der Waals surface area contributed by atoms with Crippen molar-refractivity contribution in [2.45, 2.75) is 12.6 Å². The highest BCUT2D eigenvalue weighted by Crippen LogP contribution is 2.34. The van der Waals surface area contributed by atoms with E-state index in [0.29, 0.717) is 35.0 Å². The van der Waals surface area contributed by atoms with Crippen LogP contribution in [0.3, 0.4) is 0 Å². The zero-order chi connectivity index (χ0) is 22.1. The van der Waals surface area contributed by atoms with Gasteiger partial charge in [0, 0.05) is 11.6 Å². The standard InChI is InChI=1S/C25H18Cl2N2O3/c26-21-8-4-7-20(24(21)27)16-9-11-18(12-10-16)31-15-19-14-29-22(17-5-2-1-3-6-17)13-23(30)28-25(29)32-19/h1-13,19H,14-15H2/t19-/m0/s1. The van der Waals surface area contributed by atoms with Gasteiger partial charge >= 0.3 is 6.01 Å². The third kappa shape index (κ3) is 4.09. The quantitative estimate of drug-likeness (QED) is 0.378. The summed E-state index contributed by atoms with van der Waals surface area (Å²) in [6, 6.07) is 24.8. The number of hydrogen-bond acceptors (Lipinski definition) is 4. The minimum atomic E-state index is -0.327. The molecule has 0 unspecified atom stereocenters. The van der Waals surface area contributed by atoms with E-state index in [1.54, 1.807) is 6.07 Å². The summed E-state index contributed by atoms with van der Waals surface area (Å²) in [5.74, 6) is 0.706. The number of benzene rings is 3. The first-order valence-corrected chi connectivity index (χ1v) is 10.9. The largest absolute Gasteiger partial charge is 0.490 e. The van der Waals surface area contributed by atoms with E-state index in [9.17, 15) is 4.79 Å². The number of aromatic nitrogens is 2. The maximum Gasteiger partial charge on any atom is 0.300 e. The van der Waals surface area contributed by atoms with Gasteiger partial charge in [0.05, 0.1) is 22.3 Å². The van der Waals surface area contributed by atoms with E-state index in [-0.39, 0.29) is 11.7 Å². The fourth-order valence-electron chi connectivity index (χ4n) is 3.72. The minimum Gasteiger partial charge on any atom is -0.490 e. The van der Waals surface area contributed by atoms with E-state index in [2.05, 4.69) is 4.98 Å². The average Bonchev–Trinajstić information content (AvgIpc) is 3.23. The van der Waals surface area contributed by atoms with Gasteiger partial charge in [0.1, 0.15) is 12.4 Å². The van der Waals surface area contributed by atoms with Crippen LogP contribution in [0.5, 0.6) is 11.8 Å². The van der Waals surface area contributed by atoms with Crippen LogP contribution in [0, 0.1) is 0 Å². The van der Waals surface area contributed by atoms with Crippen LogP contribution in [0.2, 0.25) is 10.0 Å². The van der Waals surface area contributed by atoms with Crippen LogP contribution >= 0.6 is 23.2 Å². The lowest BCUT2D eigenvalue weighted by molar-refractivity contribution is 0.143. The van der Waals surface area contributed by atoms with Crippen molar-refractivity contribution in [2.24, 2.45) is 0 Å². The molecule has 1 aliphatic rings. The predicted molar refractivity (Wildman–Crippen MR) is 126 cm³/mol. The van der Waals surface area contributed by atoms with Crippen LogP contribution in [0.15, 0.2) is 83.7 Å². The van der Waals surface area contributed by atoms with E-state index in [1.165, 1.54) is 6.07 Å². The molecule has 0 radical (unpaired) electrons. The van der Waals surface area contributed by atoms with Gasteiger partial charge in [-0.3, -0.25) is 9.36 Å². The predicted octanol–water partition coefficient (Wildman–Crippen LogP) is 5.72. The van der Waals surface area contributed by atoms with Gasteiger partial charge in [0.25, 0.3) is 5.56 Å². The molecule has 0 fully saturated rings. The lowest BCUT2D eigenvalue weighted by atomic mass is 10.1. The summed E-state index contributed by atoms with van der Waals surface area (Å²) < 4.78 is 13.7. The molecule has 1 aliphatic heterocycles. The molecule has 32 heavy (non-hydrogen) atoms. The van der Waals surface area contributed by atoms with Crippen LogP contribution in [0.1, 0.15) is 0 Å². The second kappa shape index (κ2) is 8.69. The molecule has 0 aliphatic carbocycles. The van der Waals surface area contributed by atoms with Gasteiger partial charge in [-0.25, -0.2) is 0 Å². The summed E-state index contributed by atoms with van der Waals surface area (Å²) in [6.45, 7) is 0.867. The van der Waals surface area contributed by atoms with Crippen molar-refractivity contribution >= 4 is 23.2 Å². The maximum absolute atomic E-state index is 12.0. The van der Waals surface area contributed by atoms with Crippen molar-refractivity contribution in [1.82, 2.24) is 9.55 Å². The Balaban J connectivity index is 1.29. The van der Waals surface area contributed by atoms with Crippen molar-refractivity contribution < 1.29 is 9.47 Å². The lowest BCUT2D eigenvalue weighted by Gasteiger charge is -2.12. The Morgan fingerprint density at radius 3 is 2.53 bits per heavy atom. The molecule has 0 bridgehead atoms. The molecular formula is C25H18Cl2N2O3. The number of nitrogens with zero attached hydrogens (tertiary/aromatic N) is 2. The average molecular weight is 465 g/mol. The van der Waals surface area contributed by atoms with Gasteiger partial charge in [-0.15, -0.1) is 0 Å². The normalized spacial score (nSPS) is 14.6. The van der Waals surface area contributed by atoms with Crippen LogP contribution in [-0.4, -0.2) is 22.3 Å². The molecule has 7 heteroatoms. The molecular weight excluding hydrogens is 447 g/mol. The SMILES string of the molecule is O=c1cc(-c2ccccc2)n2c(n1)O[C@H](COc1ccc(-c3cccc(Cl)c3Cl)cc1)C2. The molecule has 0 saturated carbocycles. The highest BCUT2D eigenvalue weighted by molar-refractivity contribution is 6.43. The summed E-state index contributed by atoms with van der Waals surface area (Å²) >= 11 is 12.4. The van der Waals surface area contributed by atoms with Gasteiger partial charge in [0.2, 0.25) is 0 Å². The van der Waals surface area contributed by atoms with Crippen molar-refractivity contribution in [3.8, 4) is 34.1 Å². The highest BCUT2D eigenvalue weighted by Gasteiger charge is 2.27. The van der Waals surface area contributed by atoms with E-state index in [0.717, 1.165) is 22.4 Å². The molecule has 0 spiro atoms. The number of fused-ring (bicyclic) bond motifs is 1. The molecule has 4 aromatic rings. The zero-order valence-electron chi connectivity index (χ0n) is 16.9. The second-order valence-electron chi connectivity index (χ2n) is 7.42. The Morgan fingerprint density at radius 2 is 1.75 bits per heavy atom. The molecule has 0 saturated heterocycles. The Morgan fingerprint density at radius 1 is 0.969 bits per heavy atom. The van der Waals surface area contributed by atoms with E-state index < -0.39 is 0 Å². The van der Waals surface area contributed by atoms with Gasteiger partial charge < -0.3 is 9.47 Å². The molecule has 2 heterocycles.